The average molecular weight is 235 g/mol. The van der Waals surface area contributed by atoms with Gasteiger partial charge in [-0.25, -0.2) is 4.79 Å². The van der Waals surface area contributed by atoms with Gasteiger partial charge in [0.1, 0.15) is 5.60 Å². The van der Waals surface area contributed by atoms with Crippen LogP contribution in [0, 0.1) is 0 Å². The van der Waals surface area contributed by atoms with Crippen molar-refractivity contribution in [3.63, 3.8) is 0 Å². The molecule has 0 spiro atoms. The van der Waals surface area contributed by atoms with Crippen LogP contribution in [0.4, 0.5) is 4.79 Å². The fourth-order valence-electron chi connectivity index (χ4n) is 0.943. The standard InChI is InChI=1S/C10H21NO3.C2H6.H2/c1-6-8(12)7(2)11-9(13)14-10(3,4)5;1-2;/h7-8,12H,6H2,1-5H3,(H,11,13);1-2H3;1H/t7-,8-;;/m0../s1. The van der Waals surface area contributed by atoms with E-state index in [0.717, 1.165) is 0 Å². The molecule has 0 unspecified atom stereocenters. The average Bonchev–Trinajstić information content (AvgIpc) is 2.16. The van der Waals surface area contributed by atoms with Crippen molar-refractivity contribution in [1.29, 1.82) is 0 Å². The first-order valence-corrected chi connectivity index (χ1v) is 5.94. The first-order valence-electron chi connectivity index (χ1n) is 5.94. The van der Waals surface area contributed by atoms with Crippen molar-refractivity contribution >= 4 is 6.09 Å². The Morgan fingerprint density at radius 1 is 1.44 bits per heavy atom. The van der Waals surface area contributed by atoms with E-state index in [1.807, 2.05) is 20.8 Å². The van der Waals surface area contributed by atoms with Crippen molar-refractivity contribution in [3.05, 3.63) is 0 Å². The normalized spacial score (nSPS) is 14.2. The Balaban J connectivity index is -0.000000616. The minimum Gasteiger partial charge on any atom is -0.444 e. The van der Waals surface area contributed by atoms with Crippen molar-refractivity contribution in [1.82, 2.24) is 5.32 Å². The molecular formula is C12H29NO3. The summed E-state index contributed by atoms with van der Waals surface area (Å²) in [6.07, 6.45) is -0.406. The van der Waals surface area contributed by atoms with Gasteiger partial charge in [-0.15, -0.1) is 0 Å². The molecule has 0 aromatic rings. The van der Waals surface area contributed by atoms with Crippen LogP contribution in [-0.4, -0.2) is 28.9 Å². The molecule has 16 heavy (non-hydrogen) atoms. The second-order valence-corrected chi connectivity index (χ2v) is 4.41. The highest BCUT2D eigenvalue weighted by atomic mass is 16.6. The molecule has 4 heteroatoms. The Hall–Kier alpha value is -0.770. The van der Waals surface area contributed by atoms with Gasteiger partial charge in [0.2, 0.25) is 0 Å². The molecule has 0 saturated carbocycles. The summed E-state index contributed by atoms with van der Waals surface area (Å²) in [7, 11) is 0. The molecular weight excluding hydrogens is 206 g/mol. The number of aliphatic hydroxyl groups is 1. The molecule has 4 nitrogen and oxygen atoms in total. The number of nitrogens with one attached hydrogen (secondary N) is 1. The Labute approximate surface area is 101 Å². The molecule has 0 aliphatic rings. The molecule has 0 fully saturated rings. The largest absolute Gasteiger partial charge is 0.444 e. The lowest BCUT2D eigenvalue weighted by Crippen LogP contribution is -2.43. The Morgan fingerprint density at radius 2 is 1.88 bits per heavy atom. The number of hydrogen-bond donors (Lipinski definition) is 2. The third kappa shape index (κ3) is 9.77. The van der Waals surface area contributed by atoms with Gasteiger partial charge in [0.05, 0.1) is 12.1 Å². The zero-order valence-electron chi connectivity index (χ0n) is 11.6. The lowest BCUT2D eigenvalue weighted by molar-refractivity contribution is 0.0433. The number of ether oxygens (including phenoxy) is 1. The van der Waals surface area contributed by atoms with Crippen molar-refractivity contribution in [2.75, 3.05) is 0 Å². The number of alkyl carbamates (subject to hydrolysis) is 1. The monoisotopic (exact) mass is 235 g/mol. The lowest BCUT2D eigenvalue weighted by Gasteiger charge is -2.23. The number of carbonyl (C=O) groups excluding carboxylic acids is 1. The van der Waals surface area contributed by atoms with Crippen LogP contribution in [0.5, 0.6) is 0 Å². The van der Waals surface area contributed by atoms with Crippen LogP contribution in [0.3, 0.4) is 0 Å². The first kappa shape index (κ1) is 17.6. The van der Waals surface area contributed by atoms with Gasteiger partial charge in [0.25, 0.3) is 0 Å². The van der Waals surface area contributed by atoms with Gasteiger partial charge in [-0.3, -0.25) is 0 Å². The molecule has 0 radical (unpaired) electrons. The molecule has 2 atom stereocenters. The summed E-state index contributed by atoms with van der Waals surface area (Å²) in [5.41, 5.74) is -0.499. The van der Waals surface area contributed by atoms with Crippen LogP contribution in [0.1, 0.15) is 56.3 Å². The Bertz CT molecular complexity index is 193. The highest BCUT2D eigenvalue weighted by Gasteiger charge is 2.20. The maximum Gasteiger partial charge on any atom is 0.407 e. The van der Waals surface area contributed by atoms with E-state index in [0.29, 0.717) is 6.42 Å². The second kappa shape index (κ2) is 8.39. The second-order valence-electron chi connectivity index (χ2n) is 4.41. The zero-order valence-corrected chi connectivity index (χ0v) is 11.6. The smallest absolute Gasteiger partial charge is 0.407 e. The fourth-order valence-corrected chi connectivity index (χ4v) is 0.943. The SMILES string of the molecule is CC.CC[C@H](O)[C@H](C)NC(=O)OC(C)(C)C.[HH]. The van der Waals surface area contributed by atoms with Gasteiger partial charge >= 0.3 is 6.09 Å². The van der Waals surface area contributed by atoms with Crippen LogP contribution in [-0.2, 0) is 4.74 Å². The van der Waals surface area contributed by atoms with Gasteiger partial charge < -0.3 is 15.2 Å². The zero-order chi connectivity index (χ0) is 13.4. The van der Waals surface area contributed by atoms with E-state index >= 15 is 0 Å². The van der Waals surface area contributed by atoms with Crippen LogP contribution in [0.15, 0.2) is 0 Å². The van der Waals surface area contributed by atoms with Crippen molar-refractivity contribution < 1.29 is 16.1 Å². The van der Waals surface area contributed by atoms with E-state index in [-0.39, 0.29) is 7.47 Å². The van der Waals surface area contributed by atoms with E-state index in [1.54, 1.807) is 27.7 Å². The van der Waals surface area contributed by atoms with Crippen LogP contribution in [0.25, 0.3) is 0 Å². The summed E-state index contributed by atoms with van der Waals surface area (Å²) in [5.74, 6) is 0. The van der Waals surface area contributed by atoms with Gasteiger partial charge in [-0.1, -0.05) is 20.8 Å². The van der Waals surface area contributed by atoms with Crippen molar-refractivity contribution in [3.8, 4) is 0 Å². The van der Waals surface area contributed by atoms with Gasteiger partial charge in [0, 0.05) is 1.43 Å². The van der Waals surface area contributed by atoms with Gasteiger partial charge in [-0.2, -0.15) is 0 Å². The number of hydrogen-bond acceptors (Lipinski definition) is 3. The van der Waals surface area contributed by atoms with E-state index in [4.69, 9.17) is 4.74 Å². The van der Waals surface area contributed by atoms with Gasteiger partial charge in [0.15, 0.2) is 0 Å². The highest BCUT2D eigenvalue weighted by molar-refractivity contribution is 5.68. The van der Waals surface area contributed by atoms with Crippen LogP contribution < -0.4 is 5.32 Å². The Kier molecular flexibility index (Phi) is 9.24. The molecule has 1 amide bonds. The fraction of sp³-hybridized carbons (Fsp3) is 0.917. The first-order chi connectivity index (χ1) is 7.26. The van der Waals surface area contributed by atoms with E-state index in [2.05, 4.69) is 5.32 Å². The maximum absolute atomic E-state index is 11.2. The molecule has 2 N–H and O–H groups in total. The highest BCUT2D eigenvalue weighted by Crippen LogP contribution is 2.07. The van der Waals surface area contributed by atoms with Crippen molar-refractivity contribution in [2.24, 2.45) is 0 Å². The molecule has 0 aromatic heterocycles. The summed E-state index contributed by atoms with van der Waals surface area (Å²) in [6.45, 7) is 13.0. The van der Waals surface area contributed by atoms with E-state index in [1.165, 1.54) is 0 Å². The van der Waals surface area contributed by atoms with Crippen LogP contribution >= 0.6 is 0 Å². The summed E-state index contributed by atoms with van der Waals surface area (Å²) in [6, 6.07) is -0.283. The summed E-state index contributed by atoms with van der Waals surface area (Å²) in [4.78, 5) is 11.2. The topological polar surface area (TPSA) is 58.6 Å². The van der Waals surface area contributed by atoms with E-state index < -0.39 is 17.8 Å². The quantitative estimate of drug-likeness (QED) is 0.790. The van der Waals surface area contributed by atoms with Crippen LogP contribution in [0.2, 0.25) is 0 Å². The minimum absolute atomic E-state index is 0. The number of aliphatic hydroxyl groups excluding tert-OH is 1. The molecule has 0 aliphatic carbocycles. The molecule has 0 saturated heterocycles. The summed E-state index contributed by atoms with van der Waals surface area (Å²) >= 11 is 0. The third-order valence-electron chi connectivity index (χ3n) is 1.74. The molecule has 0 aromatic carbocycles. The Morgan fingerprint density at radius 3 is 2.19 bits per heavy atom. The predicted octanol–water partition coefficient (Wildman–Crippen LogP) is 2.94. The molecule has 0 bridgehead atoms. The minimum atomic E-state index is -0.525. The third-order valence-corrected chi connectivity index (χ3v) is 1.74. The van der Waals surface area contributed by atoms with E-state index in [9.17, 15) is 9.90 Å². The lowest BCUT2D eigenvalue weighted by atomic mass is 10.1. The summed E-state index contributed by atoms with van der Waals surface area (Å²) < 4.78 is 5.04. The van der Waals surface area contributed by atoms with Crippen molar-refractivity contribution in [2.45, 2.75) is 72.6 Å². The number of amides is 1. The molecule has 0 aliphatic heterocycles. The summed E-state index contributed by atoms with van der Waals surface area (Å²) in [5, 5.41) is 12.0. The molecule has 0 rings (SSSR count). The predicted molar refractivity (Wildman–Crippen MR) is 68.6 cm³/mol. The molecule has 100 valence electrons. The van der Waals surface area contributed by atoms with Gasteiger partial charge in [-0.05, 0) is 34.1 Å². The molecule has 0 heterocycles. The number of rotatable bonds is 3. The number of carbonyl (C=O) groups is 1. The maximum atomic E-state index is 11.2.